The van der Waals surface area contributed by atoms with Crippen LogP contribution in [-0.2, 0) is 9.59 Å². The van der Waals surface area contributed by atoms with Crippen LogP contribution in [0.4, 0.5) is 5.69 Å². The van der Waals surface area contributed by atoms with E-state index in [2.05, 4.69) is 26.2 Å². The van der Waals surface area contributed by atoms with E-state index in [0.717, 1.165) is 25.9 Å². The van der Waals surface area contributed by atoms with Crippen LogP contribution in [0.15, 0.2) is 35.1 Å². The molecule has 0 saturated carbocycles. The Morgan fingerprint density at radius 2 is 1.95 bits per heavy atom. The summed E-state index contributed by atoms with van der Waals surface area (Å²) in [6, 6.07) is 3.47. The number of amides is 2. The molecule has 1 fully saturated rings. The summed E-state index contributed by atoms with van der Waals surface area (Å²) >= 11 is 3.22. The van der Waals surface area contributed by atoms with Crippen LogP contribution < -0.4 is 5.32 Å². The predicted octanol–water partition coefficient (Wildman–Crippen LogP) is 2.35. The molecule has 2 amide bonds. The fourth-order valence-corrected chi connectivity index (χ4v) is 2.23. The van der Waals surface area contributed by atoms with Gasteiger partial charge in [-0.25, -0.2) is 4.98 Å². The molecule has 0 atom stereocenters. The summed E-state index contributed by atoms with van der Waals surface area (Å²) in [7, 11) is 0. The number of piperidine rings is 1. The zero-order chi connectivity index (χ0) is 14.4. The van der Waals surface area contributed by atoms with Gasteiger partial charge >= 0.3 is 0 Å². The van der Waals surface area contributed by atoms with E-state index < -0.39 is 0 Å². The highest BCUT2D eigenvalue weighted by Crippen LogP contribution is 2.11. The highest BCUT2D eigenvalue weighted by atomic mass is 79.9. The highest BCUT2D eigenvalue weighted by Gasteiger charge is 2.13. The van der Waals surface area contributed by atoms with Gasteiger partial charge in [0.15, 0.2) is 0 Å². The molecule has 1 aliphatic heterocycles. The molecule has 1 aromatic rings. The lowest BCUT2D eigenvalue weighted by molar-refractivity contribution is -0.127. The Bertz CT molecular complexity index is 508. The fourth-order valence-electron chi connectivity index (χ4n) is 2.00. The zero-order valence-electron chi connectivity index (χ0n) is 11.0. The number of anilines is 1. The van der Waals surface area contributed by atoms with Crippen molar-refractivity contribution in [2.24, 2.45) is 0 Å². The number of likely N-dealkylation sites (tertiary alicyclic amines) is 1. The lowest BCUT2D eigenvalue weighted by Crippen LogP contribution is -2.34. The summed E-state index contributed by atoms with van der Waals surface area (Å²) in [4.78, 5) is 29.3. The molecule has 6 heteroatoms. The van der Waals surface area contributed by atoms with Crippen LogP contribution in [0.1, 0.15) is 19.3 Å². The van der Waals surface area contributed by atoms with Crippen molar-refractivity contribution in [3.05, 3.63) is 35.1 Å². The predicted molar refractivity (Wildman–Crippen MR) is 80.1 cm³/mol. The van der Waals surface area contributed by atoms with Crippen LogP contribution in [-0.4, -0.2) is 34.8 Å². The number of hydrogen-bond acceptors (Lipinski definition) is 3. The molecule has 1 saturated heterocycles. The molecule has 1 aliphatic rings. The lowest BCUT2D eigenvalue weighted by Gasteiger charge is -2.25. The normalized spacial score (nSPS) is 15.3. The molecule has 0 radical (unpaired) electrons. The molecule has 0 bridgehead atoms. The van der Waals surface area contributed by atoms with E-state index in [4.69, 9.17) is 0 Å². The zero-order valence-corrected chi connectivity index (χ0v) is 12.6. The maximum Gasteiger partial charge on any atom is 0.248 e. The van der Waals surface area contributed by atoms with E-state index >= 15 is 0 Å². The van der Waals surface area contributed by atoms with Crippen molar-refractivity contribution < 1.29 is 9.59 Å². The molecule has 2 heterocycles. The largest absolute Gasteiger partial charge is 0.339 e. The molecule has 2 rings (SSSR count). The number of nitrogens with zero attached hydrogens (tertiary/aromatic N) is 2. The maximum atomic E-state index is 11.8. The van der Waals surface area contributed by atoms with Gasteiger partial charge in [-0.15, -0.1) is 0 Å². The van der Waals surface area contributed by atoms with Gasteiger partial charge in [-0.2, -0.15) is 0 Å². The van der Waals surface area contributed by atoms with Crippen LogP contribution in [0.5, 0.6) is 0 Å². The number of hydrogen-bond donors (Lipinski definition) is 1. The number of pyridine rings is 1. The molecule has 0 unspecified atom stereocenters. The monoisotopic (exact) mass is 337 g/mol. The summed E-state index contributed by atoms with van der Waals surface area (Å²) < 4.78 is 0.700. The summed E-state index contributed by atoms with van der Waals surface area (Å²) in [5.41, 5.74) is 0.591. The van der Waals surface area contributed by atoms with Crippen molar-refractivity contribution in [2.45, 2.75) is 19.3 Å². The first-order valence-electron chi connectivity index (χ1n) is 6.55. The third-order valence-corrected chi connectivity index (χ3v) is 3.51. The van der Waals surface area contributed by atoms with Crippen LogP contribution in [0.2, 0.25) is 0 Å². The SMILES string of the molecule is O=C(C=CC(=O)N1CCCCC1)Nc1ccc(Br)nc1. The van der Waals surface area contributed by atoms with E-state index in [0.29, 0.717) is 10.3 Å². The minimum Gasteiger partial charge on any atom is -0.339 e. The Labute approximate surface area is 126 Å². The van der Waals surface area contributed by atoms with Gasteiger partial charge in [0.1, 0.15) is 4.60 Å². The molecule has 1 aromatic heterocycles. The van der Waals surface area contributed by atoms with Gasteiger partial charge in [-0.1, -0.05) is 0 Å². The third kappa shape index (κ3) is 4.45. The van der Waals surface area contributed by atoms with E-state index in [-0.39, 0.29) is 11.8 Å². The molecule has 0 aliphatic carbocycles. The molecule has 106 valence electrons. The fraction of sp³-hybridized carbons (Fsp3) is 0.357. The van der Waals surface area contributed by atoms with Gasteiger partial charge in [0, 0.05) is 25.2 Å². The quantitative estimate of drug-likeness (QED) is 0.680. The van der Waals surface area contributed by atoms with E-state index in [1.165, 1.54) is 18.6 Å². The first-order valence-corrected chi connectivity index (χ1v) is 7.34. The van der Waals surface area contributed by atoms with Crippen molar-refractivity contribution in [2.75, 3.05) is 18.4 Å². The third-order valence-electron chi connectivity index (χ3n) is 3.04. The Balaban J connectivity index is 1.85. The van der Waals surface area contributed by atoms with Gasteiger partial charge in [-0.05, 0) is 47.3 Å². The summed E-state index contributed by atoms with van der Waals surface area (Å²) in [6.45, 7) is 1.56. The van der Waals surface area contributed by atoms with Crippen molar-refractivity contribution in [1.82, 2.24) is 9.88 Å². The minimum atomic E-state index is -0.334. The van der Waals surface area contributed by atoms with Crippen LogP contribution in [0.3, 0.4) is 0 Å². The summed E-state index contributed by atoms with van der Waals surface area (Å²) in [5, 5.41) is 2.65. The number of aromatic nitrogens is 1. The average molecular weight is 338 g/mol. The second-order valence-corrected chi connectivity index (χ2v) is 5.39. The second-order valence-electron chi connectivity index (χ2n) is 4.58. The van der Waals surface area contributed by atoms with Gasteiger partial charge in [-0.3, -0.25) is 9.59 Å². The second kappa shape index (κ2) is 7.19. The highest BCUT2D eigenvalue weighted by molar-refractivity contribution is 9.10. The first-order chi connectivity index (χ1) is 9.65. The Kier molecular flexibility index (Phi) is 5.29. The van der Waals surface area contributed by atoms with Gasteiger partial charge in [0.2, 0.25) is 11.8 Å². The number of carbonyl (C=O) groups is 2. The standard InChI is InChI=1S/C14H16BrN3O2/c15-12-5-4-11(10-16-12)17-13(19)6-7-14(20)18-8-2-1-3-9-18/h4-7,10H,1-3,8-9H2,(H,17,19). The van der Waals surface area contributed by atoms with Gasteiger partial charge in [0.25, 0.3) is 0 Å². The first kappa shape index (κ1) is 14.7. The number of rotatable bonds is 3. The Hall–Kier alpha value is -1.69. The number of carbonyl (C=O) groups excluding carboxylic acids is 2. The maximum absolute atomic E-state index is 11.8. The minimum absolute atomic E-state index is 0.103. The summed E-state index contributed by atoms with van der Waals surface area (Å²) in [6.07, 6.45) is 7.38. The van der Waals surface area contributed by atoms with Crippen molar-refractivity contribution >= 4 is 33.4 Å². The molecule has 0 aromatic carbocycles. The molecule has 20 heavy (non-hydrogen) atoms. The van der Waals surface area contributed by atoms with Crippen LogP contribution in [0, 0.1) is 0 Å². The van der Waals surface area contributed by atoms with E-state index in [1.54, 1.807) is 23.2 Å². The van der Waals surface area contributed by atoms with Crippen molar-refractivity contribution in [1.29, 1.82) is 0 Å². The molecular weight excluding hydrogens is 322 g/mol. The smallest absolute Gasteiger partial charge is 0.248 e. The Morgan fingerprint density at radius 1 is 1.20 bits per heavy atom. The number of nitrogens with one attached hydrogen (secondary N) is 1. The molecule has 0 spiro atoms. The van der Waals surface area contributed by atoms with Gasteiger partial charge in [0.05, 0.1) is 11.9 Å². The topological polar surface area (TPSA) is 62.3 Å². The van der Waals surface area contributed by atoms with E-state index in [9.17, 15) is 9.59 Å². The molecular formula is C14H16BrN3O2. The van der Waals surface area contributed by atoms with E-state index in [1.807, 2.05) is 0 Å². The molecule has 5 nitrogen and oxygen atoms in total. The van der Waals surface area contributed by atoms with Crippen molar-refractivity contribution in [3.8, 4) is 0 Å². The molecule has 1 N–H and O–H groups in total. The number of halogens is 1. The van der Waals surface area contributed by atoms with Crippen LogP contribution in [0.25, 0.3) is 0 Å². The summed E-state index contributed by atoms with van der Waals surface area (Å²) in [5.74, 6) is -0.437. The van der Waals surface area contributed by atoms with Crippen molar-refractivity contribution in [3.63, 3.8) is 0 Å². The lowest BCUT2D eigenvalue weighted by atomic mass is 10.1. The van der Waals surface area contributed by atoms with Crippen LogP contribution >= 0.6 is 15.9 Å². The Morgan fingerprint density at radius 3 is 2.60 bits per heavy atom. The van der Waals surface area contributed by atoms with Gasteiger partial charge < -0.3 is 10.2 Å². The average Bonchev–Trinajstić information content (AvgIpc) is 2.48.